The van der Waals surface area contributed by atoms with Crippen molar-refractivity contribution in [3.05, 3.63) is 66.0 Å². The molecule has 0 saturated carbocycles. The van der Waals surface area contributed by atoms with Crippen molar-refractivity contribution in [1.82, 2.24) is 9.55 Å². The number of hydrogen-bond acceptors (Lipinski definition) is 2. The second kappa shape index (κ2) is 4.81. The van der Waals surface area contributed by atoms with Crippen LogP contribution in [0, 0.1) is 0 Å². The number of imidazole rings is 1. The fourth-order valence-corrected chi connectivity index (χ4v) is 2.43. The summed E-state index contributed by atoms with van der Waals surface area (Å²) in [4.78, 5) is 15.5. The predicted molar refractivity (Wildman–Crippen MR) is 76.9 cm³/mol. The van der Waals surface area contributed by atoms with Crippen molar-refractivity contribution >= 4 is 17.0 Å². The zero-order valence-corrected chi connectivity index (χ0v) is 11.0. The maximum absolute atomic E-state index is 11.2. The van der Waals surface area contributed by atoms with E-state index in [1.807, 2.05) is 28.8 Å². The summed E-state index contributed by atoms with van der Waals surface area (Å²) in [5.41, 5.74) is 2.76. The normalized spacial score (nSPS) is 12.4. The van der Waals surface area contributed by atoms with Gasteiger partial charge in [0, 0.05) is 0 Å². The molecule has 100 valence electrons. The van der Waals surface area contributed by atoms with Gasteiger partial charge in [0.05, 0.1) is 23.4 Å². The van der Waals surface area contributed by atoms with Crippen molar-refractivity contribution in [2.24, 2.45) is 0 Å². The molecule has 4 nitrogen and oxygen atoms in total. The Morgan fingerprint density at radius 2 is 1.90 bits per heavy atom. The lowest BCUT2D eigenvalue weighted by atomic mass is 10.1. The highest BCUT2D eigenvalue weighted by molar-refractivity contribution is 6.00. The number of fused-ring (bicyclic) bond motifs is 1. The van der Waals surface area contributed by atoms with Gasteiger partial charge in [-0.15, -0.1) is 0 Å². The van der Waals surface area contributed by atoms with Crippen molar-refractivity contribution in [2.75, 3.05) is 0 Å². The molecule has 1 aromatic heterocycles. The van der Waals surface area contributed by atoms with Crippen molar-refractivity contribution in [3.63, 3.8) is 0 Å². The number of carboxylic acids is 1. The number of aromatic carboxylic acids is 1. The van der Waals surface area contributed by atoms with Crippen LogP contribution in [0.3, 0.4) is 0 Å². The summed E-state index contributed by atoms with van der Waals surface area (Å²) in [6, 6.07) is 15.4. The summed E-state index contributed by atoms with van der Waals surface area (Å²) >= 11 is 0. The number of benzene rings is 2. The molecule has 2 aromatic carbocycles. The van der Waals surface area contributed by atoms with E-state index in [4.69, 9.17) is 0 Å². The Labute approximate surface area is 116 Å². The van der Waals surface area contributed by atoms with Gasteiger partial charge in [-0.25, -0.2) is 9.78 Å². The average molecular weight is 266 g/mol. The van der Waals surface area contributed by atoms with E-state index in [-0.39, 0.29) is 11.6 Å². The minimum Gasteiger partial charge on any atom is -0.478 e. The molecule has 0 amide bonds. The van der Waals surface area contributed by atoms with Crippen molar-refractivity contribution < 1.29 is 9.90 Å². The summed E-state index contributed by atoms with van der Waals surface area (Å²) < 4.78 is 2.00. The van der Waals surface area contributed by atoms with Crippen molar-refractivity contribution in [1.29, 1.82) is 0 Å². The van der Waals surface area contributed by atoms with Crippen LogP contribution in [-0.2, 0) is 0 Å². The van der Waals surface area contributed by atoms with Gasteiger partial charge in [-0.3, -0.25) is 0 Å². The third kappa shape index (κ3) is 1.95. The SMILES string of the molecule is CC(c1ccccc1)n1cnc2c(C(=O)O)cccc21. The summed E-state index contributed by atoms with van der Waals surface area (Å²) in [6.07, 6.45) is 1.70. The van der Waals surface area contributed by atoms with Gasteiger partial charge in [0.1, 0.15) is 5.52 Å². The van der Waals surface area contributed by atoms with E-state index < -0.39 is 5.97 Å². The minimum atomic E-state index is -0.951. The van der Waals surface area contributed by atoms with Crippen LogP contribution in [0.25, 0.3) is 11.0 Å². The molecule has 1 heterocycles. The van der Waals surface area contributed by atoms with Crippen LogP contribution in [-0.4, -0.2) is 20.6 Å². The van der Waals surface area contributed by atoms with Gasteiger partial charge in [-0.05, 0) is 24.6 Å². The number of para-hydroxylation sites is 1. The molecule has 1 N–H and O–H groups in total. The van der Waals surface area contributed by atoms with Gasteiger partial charge < -0.3 is 9.67 Å². The molecule has 0 bridgehead atoms. The van der Waals surface area contributed by atoms with E-state index in [9.17, 15) is 9.90 Å². The molecule has 1 unspecified atom stereocenters. The zero-order valence-electron chi connectivity index (χ0n) is 11.0. The molecule has 0 fully saturated rings. The Balaban J connectivity index is 2.14. The summed E-state index contributed by atoms with van der Waals surface area (Å²) in [7, 11) is 0. The largest absolute Gasteiger partial charge is 0.478 e. The van der Waals surface area contributed by atoms with Crippen LogP contribution < -0.4 is 0 Å². The molecule has 0 aliphatic heterocycles. The first-order valence-electron chi connectivity index (χ1n) is 6.42. The number of carbonyl (C=O) groups is 1. The van der Waals surface area contributed by atoms with E-state index in [1.54, 1.807) is 18.5 Å². The Morgan fingerprint density at radius 3 is 2.60 bits per heavy atom. The molecule has 3 aromatic rings. The topological polar surface area (TPSA) is 55.1 Å². The molecule has 20 heavy (non-hydrogen) atoms. The van der Waals surface area contributed by atoms with Gasteiger partial charge in [0.15, 0.2) is 0 Å². The molecular weight excluding hydrogens is 252 g/mol. The Morgan fingerprint density at radius 1 is 1.15 bits per heavy atom. The van der Waals surface area contributed by atoms with Crippen molar-refractivity contribution in [2.45, 2.75) is 13.0 Å². The van der Waals surface area contributed by atoms with Crippen molar-refractivity contribution in [3.8, 4) is 0 Å². The minimum absolute atomic E-state index is 0.102. The van der Waals surface area contributed by atoms with Gasteiger partial charge in [0.2, 0.25) is 0 Å². The van der Waals surface area contributed by atoms with Crippen LogP contribution in [0.4, 0.5) is 0 Å². The smallest absolute Gasteiger partial charge is 0.337 e. The molecule has 3 rings (SSSR count). The third-order valence-electron chi connectivity index (χ3n) is 3.53. The van der Waals surface area contributed by atoms with Crippen LogP contribution >= 0.6 is 0 Å². The van der Waals surface area contributed by atoms with E-state index in [0.29, 0.717) is 5.52 Å². The zero-order chi connectivity index (χ0) is 14.1. The van der Waals surface area contributed by atoms with Gasteiger partial charge in [-0.1, -0.05) is 36.4 Å². The summed E-state index contributed by atoms with van der Waals surface area (Å²) in [5, 5.41) is 9.20. The highest BCUT2D eigenvalue weighted by Crippen LogP contribution is 2.24. The number of rotatable bonds is 3. The number of carboxylic acid groups (broad SMARTS) is 1. The first kappa shape index (κ1) is 12.4. The van der Waals surface area contributed by atoms with E-state index >= 15 is 0 Å². The highest BCUT2D eigenvalue weighted by atomic mass is 16.4. The number of aromatic nitrogens is 2. The fourth-order valence-electron chi connectivity index (χ4n) is 2.43. The Bertz CT molecular complexity index is 763. The number of hydrogen-bond donors (Lipinski definition) is 1. The van der Waals surface area contributed by atoms with Gasteiger partial charge >= 0.3 is 5.97 Å². The number of nitrogens with zero attached hydrogens (tertiary/aromatic N) is 2. The van der Waals surface area contributed by atoms with Gasteiger partial charge in [0.25, 0.3) is 0 Å². The molecule has 0 saturated heterocycles. The molecule has 4 heteroatoms. The molecule has 0 spiro atoms. The van der Waals surface area contributed by atoms with E-state index in [0.717, 1.165) is 11.1 Å². The van der Waals surface area contributed by atoms with E-state index in [2.05, 4.69) is 24.0 Å². The third-order valence-corrected chi connectivity index (χ3v) is 3.53. The second-order valence-electron chi connectivity index (χ2n) is 4.72. The lowest BCUT2D eigenvalue weighted by Crippen LogP contribution is -2.05. The van der Waals surface area contributed by atoms with E-state index in [1.165, 1.54) is 0 Å². The fraction of sp³-hybridized carbons (Fsp3) is 0.125. The molecule has 0 radical (unpaired) electrons. The monoisotopic (exact) mass is 266 g/mol. The van der Waals surface area contributed by atoms with Gasteiger partial charge in [-0.2, -0.15) is 0 Å². The lowest BCUT2D eigenvalue weighted by molar-refractivity contribution is 0.0699. The molecule has 0 aliphatic carbocycles. The van der Waals surface area contributed by atoms with Crippen LogP contribution in [0.1, 0.15) is 28.9 Å². The average Bonchev–Trinajstić information content (AvgIpc) is 2.91. The molecular formula is C16H14N2O2. The van der Waals surface area contributed by atoms with Crippen LogP contribution in [0.2, 0.25) is 0 Å². The first-order valence-corrected chi connectivity index (χ1v) is 6.42. The van der Waals surface area contributed by atoms with Crippen LogP contribution in [0.15, 0.2) is 54.9 Å². The maximum atomic E-state index is 11.2. The Kier molecular flexibility index (Phi) is 2.99. The molecule has 1 atom stereocenters. The first-order chi connectivity index (χ1) is 9.68. The predicted octanol–water partition coefficient (Wildman–Crippen LogP) is 3.34. The second-order valence-corrected chi connectivity index (χ2v) is 4.72. The molecule has 0 aliphatic rings. The quantitative estimate of drug-likeness (QED) is 0.791. The van der Waals surface area contributed by atoms with Crippen LogP contribution in [0.5, 0.6) is 0 Å². The maximum Gasteiger partial charge on any atom is 0.337 e. The highest BCUT2D eigenvalue weighted by Gasteiger charge is 2.15. The lowest BCUT2D eigenvalue weighted by Gasteiger charge is -2.14. The Hall–Kier alpha value is -2.62. The summed E-state index contributed by atoms with van der Waals surface area (Å²) in [5.74, 6) is -0.951. The summed E-state index contributed by atoms with van der Waals surface area (Å²) in [6.45, 7) is 2.07. The standard InChI is InChI=1S/C16H14N2O2/c1-11(12-6-3-2-4-7-12)18-10-17-15-13(16(19)20)8-5-9-14(15)18/h2-11H,1H3,(H,19,20).